The first-order chi connectivity index (χ1) is 14.5. The maximum Gasteiger partial charge on any atom is 0.237 e. The van der Waals surface area contributed by atoms with Gasteiger partial charge in [-0.2, -0.15) is 0 Å². The first kappa shape index (κ1) is 22.3. The quantitative estimate of drug-likeness (QED) is 0.335. The highest BCUT2D eigenvalue weighted by Crippen LogP contribution is 2.31. The van der Waals surface area contributed by atoms with Crippen LogP contribution in [0.1, 0.15) is 25.3 Å². The summed E-state index contributed by atoms with van der Waals surface area (Å²) in [6.45, 7) is 1.94. The Labute approximate surface area is 188 Å². The Hall–Kier alpha value is -2.42. The molecule has 2 N–H and O–H groups in total. The van der Waals surface area contributed by atoms with Crippen molar-refractivity contribution in [2.75, 3.05) is 10.6 Å². The Bertz CT molecular complexity index is 980. The largest absolute Gasteiger partial charge is 0.325 e. The predicted octanol–water partition coefficient (Wildman–Crippen LogP) is 5.27. The molecule has 0 fully saturated rings. The number of nitrogens with zero attached hydrogens (tertiary/aromatic N) is 2. The normalized spacial score (nSPS) is 11.7. The van der Waals surface area contributed by atoms with E-state index >= 15 is 0 Å². The fourth-order valence-corrected chi connectivity index (χ4v) is 4.65. The third-order valence-corrected chi connectivity index (χ3v) is 6.69. The van der Waals surface area contributed by atoms with Crippen LogP contribution in [-0.4, -0.2) is 27.3 Å². The van der Waals surface area contributed by atoms with E-state index in [1.165, 1.54) is 23.1 Å². The Morgan fingerprint density at radius 3 is 2.50 bits per heavy atom. The van der Waals surface area contributed by atoms with Crippen LogP contribution in [-0.2, 0) is 16.0 Å². The zero-order chi connectivity index (χ0) is 21.3. The van der Waals surface area contributed by atoms with Crippen LogP contribution in [0.5, 0.6) is 0 Å². The van der Waals surface area contributed by atoms with E-state index in [0.717, 1.165) is 5.56 Å². The molecule has 0 unspecified atom stereocenters. The van der Waals surface area contributed by atoms with Gasteiger partial charge in [0.1, 0.15) is 0 Å². The van der Waals surface area contributed by atoms with Gasteiger partial charge in [-0.3, -0.25) is 9.59 Å². The van der Waals surface area contributed by atoms with Gasteiger partial charge < -0.3 is 10.6 Å². The van der Waals surface area contributed by atoms with Crippen molar-refractivity contribution in [1.29, 1.82) is 0 Å². The van der Waals surface area contributed by atoms with E-state index < -0.39 is 0 Å². The van der Waals surface area contributed by atoms with Crippen molar-refractivity contribution < 1.29 is 9.59 Å². The van der Waals surface area contributed by atoms with Crippen LogP contribution in [0.15, 0.2) is 58.9 Å². The van der Waals surface area contributed by atoms with Gasteiger partial charge in [0.25, 0.3) is 0 Å². The number of anilines is 2. The molecule has 3 aromatic rings. The number of amides is 2. The molecule has 30 heavy (non-hydrogen) atoms. The standard InChI is InChI=1S/C21H21ClN4O2S2/c1-2-17(19(28)23-16-11-9-15(22)10-12-16)29-21-26-25-20(30-21)24-18(27)13-8-14-6-4-3-5-7-14/h3-7,9-12,17H,2,8,13H2,1H3,(H,23,28)(H,24,25,27)/t17-/m1/s1. The zero-order valence-electron chi connectivity index (χ0n) is 16.3. The SMILES string of the molecule is CC[C@@H](Sc1nnc(NC(=O)CCc2ccccc2)s1)C(=O)Nc1ccc(Cl)cc1. The first-order valence-electron chi connectivity index (χ1n) is 9.44. The summed E-state index contributed by atoms with van der Waals surface area (Å²) in [6.07, 6.45) is 1.66. The van der Waals surface area contributed by atoms with E-state index in [-0.39, 0.29) is 17.1 Å². The number of carbonyl (C=O) groups excluding carboxylic acids is 2. The van der Waals surface area contributed by atoms with Crippen molar-refractivity contribution in [2.24, 2.45) is 0 Å². The molecule has 156 valence electrons. The topological polar surface area (TPSA) is 84.0 Å². The third-order valence-electron chi connectivity index (χ3n) is 4.15. The van der Waals surface area contributed by atoms with Crippen LogP contribution in [0, 0.1) is 0 Å². The van der Waals surface area contributed by atoms with Crippen LogP contribution in [0.3, 0.4) is 0 Å². The molecule has 0 saturated heterocycles. The summed E-state index contributed by atoms with van der Waals surface area (Å²) >= 11 is 8.47. The average molecular weight is 461 g/mol. The van der Waals surface area contributed by atoms with Crippen molar-refractivity contribution in [3.63, 3.8) is 0 Å². The minimum atomic E-state index is -0.324. The van der Waals surface area contributed by atoms with Crippen LogP contribution >= 0.6 is 34.7 Å². The molecular weight excluding hydrogens is 440 g/mol. The number of rotatable bonds is 9. The number of benzene rings is 2. The molecule has 6 nitrogen and oxygen atoms in total. The Kier molecular flexibility index (Phi) is 8.24. The molecule has 0 aliphatic rings. The highest BCUT2D eigenvalue weighted by molar-refractivity contribution is 8.02. The van der Waals surface area contributed by atoms with E-state index in [9.17, 15) is 9.59 Å². The lowest BCUT2D eigenvalue weighted by molar-refractivity contribution is -0.116. The molecule has 2 aromatic carbocycles. The fraction of sp³-hybridized carbons (Fsp3) is 0.238. The van der Waals surface area contributed by atoms with Gasteiger partial charge in [-0.25, -0.2) is 0 Å². The maximum atomic E-state index is 12.6. The Morgan fingerprint density at radius 1 is 1.07 bits per heavy atom. The van der Waals surface area contributed by atoms with Crippen molar-refractivity contribution >= 4 is 57.3 Å². The maximum absolute atomic E-state index is 12.6. The molecule has 1 atom stereocenters. The highest BCUT2D eigenvalue weighted by Gasteiger charge is 2.21. The van der Waals surface area contributed by atoms with Crippen molar-refractivity contribution in [3.05, 3.63) is 65.2 Å². The smallest absolute Gasteiger partial charge is 0.237 e. The number of hydrogen-bond donors (Lipinski definition) is 2. The molecule has 1 aromatic heterocycles. The van der Waals surface area contributed by atoms with Gasteiger partial charge in [-0.1, -0.05) is 72.0 Å². The lowest BCUT2D eigenvalue weighted by atomic mass is 10.1. The molecular formula is C21H21ClN4O2S2. The zero-order valence-corrected chi connectivity index (χ0v) is 18.7. The number of aryl methyl sites for hydroxylation is 1. The second-order valence-corrected chi connectivity index (χ2v) is 9.28. The summed E-state index contributed by atoms with van der Waals surface area (Å²) in [6, 6.07) is 16.8. The molecule has 0 spiro atoms. The van der Waals surface area contributed by atoms with E-state index in [1.54, 1.807) is 24.3 Å². The summed E-state index contributed by atoms with van der Waals surface area (Å²) in [4.78, 5) is 24.7. The number of hydrogen-bond acceptors (Lipinski definition) is 6. The summed E-state index contributed by atoms with van der Waals surface area (Å²) in [5, 5.41) is 14.5. The molecule has 3 rings (SSSR count). The molecule has 2 amide bonds. The second kappa shape index (κ2) is 11.1. The molecule has 0 bridgehead atoms. The van der Waals surface area contributed by atoms with Crippen molar-refractivity contribution in [3.8, 4) is 0 Å². The van der Waals surface area contributed by atoms with E-state index in [0.29, 0.717) is 39.4 Å². The average Bonchev–Trinajstić information content (AvgIpc) is 3.19. The lowest BCUT2D eigenvalue weighted by Crippen LogP contribution is -2.24. The molecule has 0 saturated carbocycles. The summed E-state index contributed by atoms with van der Waals surface area (Å²) < 4.78 is 0.631. The van der Waals surface area contributed by atoms with Crippen molar-refractivity contribution in [1.82, 2.24) is 10.2 Å². The van der Waals surface area contributed by atoms with Crippen LogP contribution in [0.2, 0.25) is 5.02 Å². The minimum absolute atomic E-state index is 0.112. The van der Waals surface area contributed by atoms with Gasteiger partial charge >= 0.3 is 0 Å². The summed E-state index contributed by atoms with van der Waals surface area (Å²) in [5.74, 6) is -0.229. The van der Waals surface area contributed by atoms with Gasteiger partial charge in [0, 0.05) is 17.1 Å². The second-order valence-electron chi connectivity index (χ2n) is 6.42. The lowest BCUT2D eigenvalue weighted by Gasteiger charge is -2.13. The first-order valence-corrected chi connectivity index (χ1v) is 11.5. The summed E-state index contributed by atoms with van der Waals surface area (Å²) in [7, 11) is 0. The van der Waals surface area contributed by atoms with Gasteiger partial charge in [0.15, 0.2) is 4.34 Å². The van der Waals surface area contributed by atoms with Gasteiger partial charge in [-0.05, 0) is 42.7 Å². The van der Waals surface area contributed by atoms with Crippen LogP contribution in [0.4, 0.5) is 10.8 Å². The number of thioether (sulfide) groups is 1. The van der Waals surface area contributed by atoms with Gasteiger partial charge in [-0.15, -0.1) is 10.2 Å². The number of aromatic nitrogens is 2. The van der Waals surface area contributed by atoms with E-state index in [4.69, 9.17) is 11.6 Å². The molecule has 9 heteroatoms. The van der Waals surface area contributed by atoms with Gasteiger partial charge in [0.05, 0.1) is 5.25 Å². The Morgan fingerprint density at radius 2 is 1.80 bits per heavy atom. The predicted molar refractivity (Wildman–Crippen MR) is 123 cm³/mol. The van der Waals surface area contributed by atoms with Gasteiger partial charge in [0.2, 0.25) is 16.9 Å². The monoisotopic (exact) mass is 460 g/mol. The fourth-order valence-electron chi connectivity index (χ4n) is 2.59. The number of carbonyl (C=O) groups is 2. The van der Waals surface area contributed by atoms with Crippen molar-refractivity contribution in [2.45, 2.75) is 35.8 Å². The number of halogens is 1. The molecule has 0 radical (unpaired) electrons. The Balaban J connectivity index is 1.50. The molecule has 0 aliphatic carbocycles. The van der Waals surface area contributed by atoms with Crippen LogP contribution in [0.25, 0.3) is 0 Å². The number of nitrogens with one attached hydrogen (secondary N) is 2. The van der Waals surface area contributed by atoms with Crippen LogP contribution < -0.4 is 10.6 Å². The third kappa shape index (κ3) is 6.83. The summed E-state index contributed by atoms with van der Waals surface area (Å²) in [5.41, 5.74) is 1.80. The highest BCUT2D eigenvalue weighted by atomic mass is 35.5. The van der Waals surface area contributed by atoms with E-state index in [2.05, 4.69) is 20.8 Å². The van der Waals surface area contributed by atoms with E-state index in [1.807, 2.05) is 37.3 Å². The molecule has 1 heterocycles. The minimum Gasteiger partial charge on any atom is -0.325 e. The molecule has 0 aliphatic heterocycles.